The van der Waals surface area contributed by atoms with Crippen molar-refractivity contribution in [3.63, 3.8) is 0 Å². The van der Waals surface area contributed by atoms with E-state index in [9.17, 15) is 13.2 Å². The number of amides is 1. The van der Waals surface area contributed by atoms with Crippen LogP contribution in [0.1, 0.15) is 19.8 Å². The number of rotatable bonds is 6. The maximum Gasteiger partial charge on any atom is 0.262 e. The van der Waals surface area contributed by atoms with Crippen molar-refractivity contribution < 1.29 is 17.9 Å². The van der Waals surface area contributed by atoms with Crippen LogP contribution in [0.4, 0.5) is 5.69 Å². The summed E-state index contributed by atoms with van der Waals surface area (Å²) in [5.41, 5.74) is 0.516. The molecule has 0 bridgehead atoms. The molecule has 0 aromatic heterocycles. The minimum atomic E-state index is -3.51. The Hall–Kier alpha value is -2.42. The van der Waals surface area contributed by atoms with Crippen molar-refractivity contribution in [1.82, 2.24) is 4.31 Å². The summed E-state index contributed by atoms with van der Waals surface area (Å²) in [5.74, 6) is 0.804. The monoisotopic (exact) mass is 516 g/mol. The third kappa shape index (κ3) is 4.98. The van der Waals surface area contributed by atoms with Gasteiger partial charge in [0.15, 0.2) is 6.61 Å². The van der Waals surface area contributed by atoms with E-state index in [-0.39, 0.29) is 17.4 Å². The molecule has 168 valence electrons. The number of benzene rings is 3. The Morgan fingerprint density at radius 2 is 1.75 bits per heavy atom. The standard InChI is InChI=1S/C24H25BrN2O4S/c1-17-12-14-27(15-13-17)32(29,30)20-9-7-19(8-10-20)26-23(28)16-31-22-11-6-18-4-2-3-5-21(18)24(22)25/h2-11,17H,12-16H2,1H3,(H,26,28). The van der Waals surface area contributed by atoms with Crippen LogP contribution < -0.4 is 10.1 Å². The van der Waals surface area contributed by atoms with E-state index in [0.29, 0.717) is 30.4 Å². The van der Waals surface area contributed by atoms with Crippen LogP contribution in [0.3, 0.4) is 0 Å². The lowest BCUT2D eigenvalue weighted by molar-refractivity contribution is -0.118. The fourth-order valence-corrected chi connectivity index (χ4v) is 5.83. The molecule has 1 aliphatic heterocycles. The molecule has 6 nitrogen and oxygen atoms in total. The van der Waals surface area contributed by atoms with Crippen LogP contribution in [-0.2, 0) is 14.8 Å². The Balaban J connectivity index is 1.36. The lowest BCUT2D eigenvalue weighted by atomic mass is 10.0. The van der Waals surface area contributed by atoms with Crippen molar-refractivity contribution in [2.45, 2.75) is 24.7 Å². The molecule has 1 heterocycles. The third-order valence-corrected chi connectivity index (χ3v) is 8.44. The predicted octanol–water partition coefficient (Wildman–Crippen LogP) is 5.04. The van der Waals surface area contributed by atoms with Gasteiger partial charge in [-0.1, -0.05) is 37.3 Å². The summed E-state index contributed by atoms with van der Waals surface area (Å²) in [6.45, 7) is 3.07. The molecule has 3 aromatic carbocycles. The van der Waals surface area contributed by atoms with Gasteiger partial charge in [-0.25, -0.2) is 8.42 Å². The molecule has 0 atom stereocenters. The number of carbonyl (C=O) groups excluding carboxylic acids is 1. The number of fused-ring (bicyclic) bond motifs is 1. The van der Waals surface area contributed by atoms with Crippen molar-refractivity contribution in [1.29, 1.82) is 0 Å². The van der Waals surface area contributed by atoms with E-state index in [2.05, 4.69) is 28.2 Å². The van der Waals surface area contributed by atoms with Crippen LogP contribution in [0.2, 0.25) is 0 Å². The minimum absolute atomic E-state index is 0.164. The van der Waals surface area contributed by atoms with Crippen LogP contribution >= 0.6 is 15.9 Å². The summed E-state index contributed by atoms with van der Waals surface area (Å²) in [6.07, 6.45) is 1.75. The number of piperidine rings is 1. The Morgan fingerprint density at radius 1 is 1.06 bits per heavy atom. The molecular weight excluding hydrogens is 492 g/mol. The number of halogens is 1. The molecule has 32 heavy (non-hydrogen) atoms. The molecule has 0 aliphatic carbocycles. The summed E-state index contributed by atoms with van der Waals surface area (Å²) < 4.78 is 33.7. The van der Waals surface area contributed by atoms with E-state index in [0.717, 1.165) is 28.1 Å². The highest BCUT2D eigenvalue weighted by atomic mass is 79.9. The second-order valence-electron chi connectivity index (χ2n) is 8.05. The van der Waals surface area contributed by atoms with Gasteiger partial charge in [-0.05, 0) is 75.8 Å². The first-order valence-corrected chi connectivity index (χ1v) is 12.8. The highest BCUT2D eigenvalue weighted by Crippen LogP contribution is 2.33. The second kappa shape index (κ2) is 9.60. The van der Waals surface area contributed by atoms with Crippen molar-refractivity contribution in [3.05, 3.63) is 65.1 Å². The summed E-state index contributed by atoms with van der Waals surface area (Å²) in [6, 6.07) is 17.9. The first-order valence-electron chi connectivity index (χ1n) is 10.5. The molecule has 1 saturated heterocycles. The van der Waals surface area contributed by atoms with E-state index in [4.69, 9.17) is 4.74 Å². The number of carbonyl (C=O) groups is 1. The molecule has 0 radical (unpaired) electrons. The molecule has 1 aliphatic rings. The minimum Gasteiger partial charge on any atom is -0.483 e. The van der Waals surface area contributed by atoms with Gasteiger partial charge in [-0.15, -0.1) is 0 Å². The third-order valence-electron chi connectivity index (χ3n) is 5.71. The Morgan fingerprint density at radius 3 is 2.47 bits per heavy atom. The van der Waals surface area contributed by atoms with Crippen LogP contribution in [0.15, 0.2) is 70.0 Å². The molecule has 0 unspecified atom stereocenters. The highest BCUT2D eigenvalue weighted by Gasteiger charge is 2.27. The highest BCUT2D eigenvalue weighted by molar-refractivity contribution is 9.10. The van der Waals surface area contributed by atoms with E-state index in [1.807, 2.05) is 36.4 Å². The van der Waals surface area contributed by atoms with Gasteiger partial charge in [0, 0.05) is 18.8 Å². The molecule has 4 rings (SSSR count). The van der Waals surface area contributed by atoms with Crippen LogP contribution in [-0.4, -0.2) is 38.3 Å². The SMILES string of the molecule is CC1CCN(S(=O)(=O)c2ccc(NC(=O)COc3ccc4ccccc4c3Br)cc2)CC1. The zero-order chi connectivity index (χ0) is 22.7. The topological polar surface area (TPSA) is 75.7 Å². The molecule has 1 amide bonds. The van der Waals surface area contributed by atoms with Gasteiger partial charge in [-0.2, -0.15) is 4.31 Å². The molecule has 0 spiro atoms. The predicted molar refractivity (Wildman–Crippen MR) is 129 cm³/mol. The van der Waals surface area contributed by atoms with Gasteiger partial charge in [0.25, 0.3) is 5.91 Å². The number of hydrogen-bond donors (Lipinski definition) is 1. The molecule has 3 aromatic rings. The van der Waals surface area contributed by atoms with E-state index in [1.54, 1.807) is 12.1 Å². The molecular formula is C24H25BrN2O4S. The smallest absolute Gasteiger partial charge is 0.262 e. The fourth-order valence-electron chi connectivity index (χ4n) is 3.75. The number of anilines is 1. The summed E-state index contributed by atoms with van der Waals surface area (Å²) in [7, 11) is -3.51. The van der Waals surface area contributed by atoms with Crippen LogP contribution in [0, 0.1) is 5.92 Å². The summed E-state index contributed by atoms with van der Waals surface area (Å²) in [4.78, 5) is 12.6. The maximum absolute atomic E-state index is 12.8. The maximum atomic E-state index is 12.8. The summed E-state index contributed by atoms with van der Waals surface area (Å²) >= 11 is 3.54. The Labute approximate surface area is 196 Å². The van der Waals surface area contributed by atoms with Crippen molar-refractivity contribution in [3.8, 4) is 5.75 Å². The van der Waals surface area contributed by atoms with Crippen LogP contribution in [0.5, 0.6) is 5.75 Å². The Kier molecular flexibility index (Phi) is 6.83. The van der Waals surface area contributed by atoms with Gasteiger partial charge in [-0.3, -0.25) is 4.79 Å². The fraction of sp³-hybridized carbons (Fsp3) is 0.292. The average Bonchev–Trinajstić information content (AvgIpc) is 2.79. The second-order valence-corrected chi connectivity index (χ2v) is 10.8. The Bertz CT molecular complexity index is 1220. The number of hydrogen-bond acceptors (Lipinski definition) is 4. The lowest BCUT2D eigenvalue weighted by Gasteiger charge is -2.29. The van der Waals surface area contributed by atoms with Crippen LogP contribution in [0.25, 0.3) is 10.8 Å². The zero-order valence-corrected chi connectivity index (χ0v) is 20.2. The normalized spacial score (nSPS) is 15.6. The zero-order valence-electron chi connectivity index (χ0n) is 17.8. The van der Waals surface area contributed by atoms with Gasteiger partial charge in [0.05, 0.1) is 9.37 Å². The number of nitrogens with one attached hydrogen (secondary N) is 1. The number of nitrogens with zero attached hydrogens (tertiary/aromatic N) is 1. The van der Waals surface area contributed by atoms with E-state index < -0.39 is 10.0 Å². The van der Waals surface area contributed by atoms with Crippen molar-refractivity contribution in [2.24, 2.45) is 5.92 Å². The number of sulfonamides is 1. The molecule has 1 N–H and O–H groups in total. The van der Waals surface area contributed by atoms with Gasteiger partial charge in [0.2, 0.25) is 10.0 Å². The van der Waals surface area contributed by atoms with E-state index in [1.165, 1.54) is 16.4 Å². The first kappa shape index (κ1) is 22.8. The van der Waals surface area contributed by atoms with Crippen molar-refractivity contribution in [2.75, 3.05) is 25.0 Å². The van der Waals surface area contributed by atoms with Gasteiger partial charge < -0.3 is 10.1 Å². The average molecular weight is 517 g/mol. The first-order chi connectivity index (χ1) is 15.3. The molecule has 1 fully saturated rings. The summed E-state index contributed by atoms with van der Waals surface area (Å²) in [5, 5.41) is 4.82. The van der Waals surface area contributed by atoms with Gasteiger partial charge >= 0.3 is 0 Å². The number of ether oxygens (including phenoxy) is 1. The van der Waals surface area contributed by atoms with E-state index >= 15 is 0 Å². The lowest BCUT2D eigenvalue weighted by Crippen LogP contribution is -2.37. The van der Waals surface area contributed by atoms with Crippen molar-refractivity contribution >= 4 is 48.3 Å². The quantitative estimate of drug-likeness (QED) is 0.497. The molecule has 0 saturated carbocycles. The van der Waals surface area contributed by atoms with Gasteiger partial charge in [0.1, 0.15) is 5.75 Å². The molecule has 8 heteroatoms. The largest absolute Gasteiger partial charge is 0.483 e.